The van der Waals surface area contributed by atoms with Gasteiger partial charge in [0, 0.05) is 94.9 Å². The quantitative estimate of drug-likeness (QED) is 0.115. The van der Waals surface area contributed by atoms with E-state index < -0.39 is 30.1 Å². The van der Waals surface area contributed by atoms with E-state index in [4.69, 9.17) is 10.9 Å². The minimum absolute atomic E-state index is 0.0697. The van der Waals surface area contributed by atoms with Crippen LogP contribution in [-0.2, 0) is 87.5 Å². The molecule has 0 unspecified atom stereocenters. The van der Waals surface area contributed by atoms with Crippen molar-refractivity contribution in [1.29, 1.82) is 0 Å². The van der Waals surface area contributed by atoms with Crippen molar-refractivity contribution in [2.24, 2.45) is 19.2 Å². The SMILES string of the molecule is CC(C)(C)c1cccc2c(N)ncnc12.CC(C)(C)c1cccc2cncnc12.CC(C)(C)c1nc2ccccc2[nH]1.CN(C)CCN(C)S(=O)(=O)c1ccccc1C(C)(C)C.CN(C)c1cccc(C(C)(C)C)c1S(N)(=O)=O.CN(c1ccccc1C(C)(C)C)S(C)(=O)=O.Cc1ccc2c(c(C)nn2C)c1C(C)(C)C.Cn1cnc(-c2ccccc2C(C)(C)C)c1. The smallest absolute Gasteiger partial charge is 0.243 e. The molecule has 22 nitrogen and oxygen atoms in total. The zero-order chi connectivity index (χ0) is 96.1. The number of H-pyrrole nitrogens is 1. The van der Waals surface area contributed by atoms with Gasteiger partial charge in [-0.3, -0.25) is 8.99 Å². The number of sulfonamides is 3. The standard InChI is InChI=1S/C15H26N2O2S.C14H20N2.C14H18N2.C12H15N3.C12H20N2O2S.C12H14N2.C12H19NO2S.C11H14N2/c1-15(2,3)13-9-7-8-10-14(13)20(18,19)17(6)12-11-16(4)5;1-9-7-8-11-12(10(2)15-16(11)6)13(9)14(3,4)5;1-14(2,3)12-8-6-5-7-11(12)13-9-16(4)10-15-13;1-12(2,3)9-6-4-5-8-10(9)14-7-15-11(8)13;1-12(2,3)9-7-6-8-10(14(4)5)11(9)17(13,15)16;1-12(2,3)10-6-4-5-9-7-13-8-14-11(9)10;1-12(2,3)10-8-6-7-9-11(10)13(4)16(5,14)15;1-11(2,3)10-12-8-6-4-5-7-9(8)13-10/h7-10H,11-12H2,1-6H3;7-8H,1-6H3;5-10H,1-4H3;4-7H,1-3H3,(H2,13,14,15);6-8H,1-5H3,(H2,13,15,16);4-8H,1-3H3;6-9H,1-5H3;4-7H,1-3H3,(H,12,13). The van der Waals surface area contributed by atoms with E-state index in [2.05, 4.69) is 245 Å². The number of anilines is 3. The van der Waals surface area contributed by atoms with Crippen LogP contribution in [0.3, 0.4) is 0 Å². The molecule has 0 bridgehead atoms. The molecule has 5 N–H and O–H groups in total. The van der Waals surface area contributed by atoms with Gasteiger partial charge in [-0.2, -0.15) is 9.40 Å². The number of aryl methyl sites for hydroxylation is 4. The van der Waals surface area contributed by atoms with E-state index in [1.54, 1.807) is 57.6 Å². The maximum absolute atomic E-state index is 12.7. The normalized spacial score (nSPS) is 12.4. The molecule has 25 heteroatoms. The third-order valence-electron chi connectivity index (χ3n) is 21.2. The van der Waals surface area contributed by atoms with Gasteiger partial charge in [-0.1, -0.05) is 287 Å². The van der Waals surface area contributed by atoms with Crippen LogP contribution in [0, 0.1) is 13.8 Å². The summed E-state index contributed by atoms with van der Waals surface area (Å²) in [5.41, 5.74) is 25.3. The Labute approximate surface area is 761 Å². The van der Waals surface area contributed by atoms with Crippen LogP contribution in [0.4, 0.5) is 17.2 Å². The Morgan fingerprint density at radius 1 is 0.472 bits per heavy atom. The number of nitrogens with one attached hydrogen (secondary N) is 1. The van der Waals surface area contributed by atoms with E-state index in [0.29, 0.717) is 29.5 Å². The van der Waals surface area contributed by atoms with Crippen LogP contribution < -0.4 is 20.1 Å². The van der Waals surface area contributed by atoms with E-state index in [1.807, 2.05) is 181 Å². The van der Waals surface area contributed by atoms with Crippen molar-refractivity contribution >= 4 is 91.0 Å². The number of hydrogen-bond donors (Lipinski definition) is 3. The number of nitrogens with zero attached hydrogens (tertiary/aromatic N) is 13. The highest BCUT2D eigenvalue weighted by Gasteiger charge is 2.32. The van der Waals surface area contributed by atoms with E-state index in [0.717, 1.165) is 72.4 Å². The van der Waals surface area contributed by atoms with Gasteiger partial charge in [0.05, 0.1) is 67.8 Å². The average Bonchev–Trinajstić information content (AvgIpc) is 1.67. The fraction of sp³-hybridized carbons (Fsp3) is 0.441. The zero-order valence-corrected chi connectivity index (χ0v) is 85.0. The highest BCUT2D eigenvalue weighted by atomic mass is 32.2. The number of rotatable bonds is 10. The van der Waals surface area contributed by atoms with E-state index in [-0.39, 0.29) is 48.2 Å². The Morgan fingerprint density at radius 2 is 0.961 bits per heavy atom. The monoisotopic (exact) mass is 1790 g/mol. The first-order valence-corrected chi connectivity index (χ1v) is 47.8. The Kier molecular flexibility index (Phi) is 34.8. The van der Waals surface area contributed by atoms with Gasteiger partial charge in [-0.05, 0) is 153 Å². The molecule has 0 spiro atoms. The molecule has 0 saturated carbocycles. The van der Waals surface area contributed by atoms with Crippen LogP contribution in [0.1, 0.15) is 222 Å². The first kappa shape index (κ1) is 105. The Morgan fingerprint density at radius 3 is 1.48 bits per heavy atom. The number of nitrogens with two attached hydrogens (primary N) is 2. The number of aromatic amines is 1. The van der Waals surface area contributed by atoms with Crippen LogP contribution in [0.25, 0.3) is 55.0 Å². The topological polar surface area (TPSA) is 283 Å². The predicted octanol–water partition coefficient (Wildman–Crippen LogP) is 21.4. The lowest BCUT2D eigenvalue weighted by molar-refractivity contribution is 0.358. The molecule has 0 fully saturated rings. The van der Waals surface area contributed by atoms with Crippen LogP contribution in [0.15, 0.2) is 205 Å². The summed E-state index contributed by atoms with van der Waals surface area (Å²) in [6.45, 7) is 56.7. The third-order valence-corrected chi connectivity index (χ3v) is 25.3. The minimum Gasteiger partial charge on any atom is -0.383 e. The van der Waals surface area contributed by atoms with E-state index in [9.17, 15) is 25.3 Å². The molecule has 0 atom stereocenters. The van der Waals surface area contributed by atoms with Gasteiger partial charge < -0.3 is 25.1 Å². The second-order valence-corrected chi connectivity index (χ2v) is 46.7. The summed E-state index contributed by atoms with van der Waals surface area (Å²) >= 11 is 0. The molecule has 0 aliphatic carbocycles. The first-order chi connectivity index (χ1) is 58.2. The number of fused-ring (bicyclic) bond motifs is 4. The Balaban J connectivity index is 0.000000224. The summed E-state index contributed by atoms with van der Waals surface area (Å²) in [4.78, 5) is 33.3. The van der Waals surface area contributed by atoms with Gasteiger partial charge in [0.25, 0.3) is 0 Å². The molecule has 5 aromatic heterocycles. The fourth-order valence-corrected chi connectivity index (χ4v) is 17.7. The van der Waals surface area contributed by atoms with Crippen LogP contribution >= 0.6 is 0 Å². The number of aromatic nitrogens is 10. The lowest BCUT2D eigenvalue weighted by Crippen LogP contribution is -2.34. The zero-order valence-electron chi connectivity index (χ0n) is 82.5. The summed E-state index contributed by atoms with van der Waals surface area (Å²) in [5.74, 6) is 1.60. The summed E-state index contributed by atoms with van der Waals surface area (Å²) < 4.78 is 78.8. The number of imidazole rings is 2. The summed E-state index contributed by atoms with van der Waals surface area (Å²) in [5, 5.41) is 13.2. The fourth-order valence-electron chi connectivity index (χ4n) is 14.4. The van der Waals surface area contributed by atoms with Crippen molar-refractivity contribution in [2.75, 3.05) is 76.6 Å². The molecule has 0 amide bonds. The second-order valence-electron chi connectivity index (χ2n) is 41.1. The number of nitrogen functional groups attached to an aromatic ring is 1. The average molecular weight is 1790 g/mol. The molecule has 0 saturated heterocycles. The molecule has 13 aromatic rings. The molecule has 0 aliphatic rings. The van der Waals surface area contributed by atoms with Crippen molar-refractivity contribution in [3.05, 3.63) is 251 Å². The Hall–Kier alpha value is -10.3. The highest BCUT2D eigenvalue weighted by molar-refractivity contribution is 7.92. The largest absolute Gasteiger partial charge is 0.383 e. The van der Waals surface area contributed by atoms with Gasteiger partial charge in [0.15, 0.2) is 0 Å². The number of primary sulfonamides is 1. The van der Waals surface area contributed by atoms with E-state index in [1.165, 1.54) is 65.5 Å². The molecular formula is C102H146N16O6S3. The summed E-state index contributed by atoms with van der Waals surface area (Å²) in [7, 11) is 4.32. The molecule has 13 rings (SSSR count). The maximum atomic E-state index is 12.7. The van der Waals surface area contributed by atoms with Crippen molar-refractivity contribution in [3.63, 3.8) is 0 Å². The molecule has 127 heavy (non-hydrogen) atoms. The summed E-state index contributed by atoms with van der Waals surface area (Å²) in [6.07, 6.45) is 10.1. The highest BCUT2D eigenvalue weighted by Crippen LogP contribution is 2.39. The van der Waals surface area contributed by atoms with Crippen LogP contribution in [0.2, 0.25) is 0 Å². The van der Waals surface area contributed by atoms with Crippen LogP contribution in [-0.4, -0.2) is 145 Å². The van der Waals surface area contributed by atoms with E-state index >= 15 is 0 Å². The van der Waals surface area contributed by atoms with Gasteiger partial charge in [0.2, 0.25) is 30.1 Å². The number of hydrogen-bond acceptors (Lipinski definition) is 16. The Bertz CT molecular complexity index is 6170. The number of likely N-dealkylation sites (N-methyl/N-ethyl adjacent to an activating group) is 2. The third kappa shape index (κ3) is 28.9. The molecule has 8 aromatic carbocycles. The second kappa shape index (κ2) is 41.9. The van der Waals surface area contributed by atoms with Crippen molar-refractivity contribution in [3.8, 4) is 11.3 Å². The number of benzene rings is 8. The molecule has 5 heterocycles. The summed E-state index contributed by atoms with van der Waals surface area (Å²) in [6, 6.07) is 53.5. The number of para-hydroxylation sites is 5. The predicted molar refractivity (Wildman–Crippen MR) is 535 cm³/mol. The van der Waals surface area contributed by atoms with Crippen molar-refractivity contribution < 1.29 is 25.3 Å². The first-order valence-electron chi connectivity index (χ1n) is 42.9. The molecule has 0 aliphatic heterocycles. The van der Waals surface area contributed by atoms with Gasteiger partial charge in [-0.25, -0.2) is 60.3 Å². The minimum atomic E-state index is -3.73. The molecule has 0 radical (unpaired) electrons. The maximum Gasteiger partial charge on any atom is 0.243 e. The van der Waals surface area contributed by atoms with Crippen molar-refractivity contribution in [1.82, 2.24) is 58.4 Å². The molecular weight excluding hydrogens is 1640 g/mol. The lowest BCUT2D eigenvalue weighted by Gasteiger charge is -2.27. The lowest BCUT2D eigenvalue weighted by atomic mass is 9.81. The van der Waals surface area contributed by atoms with Gasteiger partial charge in [-0.15, -0.1) is 0 Å². The van der Waals surface area contributed by atoms with Gasteiger partial charge >= 0.3 is 0 Å². The van der Waals surface area contributed by atoms with Crippen LogP contribution in [0.5, 0.6) is 0 Å². The molecule has 688 valence electrons. The van der Waals surface area contributed by atoms with Gasteiger partial charge in [0.1, 0.15) is 29.2 Å². The van der Waals surface area contributed by atoms with Crippen molar-refractivity contribution in [2.45, 2.75) is 233 Å².